The number of aryl methyl sites for hydroxylation is 1. The first-order valence-corrected chi connectivity index (χ1v) is 9.12. The lowest BCUT2D eigenvalue weighted by Gasteiger charge is -2.36. The Bertz CT molecular complexity index is 376. The van der Waals surface area contributed by atoms with E-state index in [0.29, 0.717) is 5.41 Å². The molecule has 0 amide bonds. The van der Waals surface area contributed by atoms with Crippen molar-refractivity contribution in [2.45, 2.75) is 39.0 Å². The SMILES string of the molecule is Cc1cccc(CC(CBr)(CBr)C2CCCC2)c1. The zero-order chi connectivity index (χ0) is 13.0. The molecule has 2 rings (SSSR count). The molecule has 0 spiro atoms. The van der Waals surface area contributed by atoms with E-state index in [2.05, 4.69) is 63.0 Å². The Morgan fingerprint density at radius 2 is 1.83 bits per heavy atom. The Labute approximate surface area is 128 Å². The van der Waals surface area contributed by atoms with Gasteiger partial charge in [0.05, 0.1) is 0 Å². The van der Waals surface area contributed by atoms with Crippen LogP contribution in [0.4, 0.5) is 0 Å². The summed E-state index contributed by atoms with van der Waals surface area (Å²) in [5.74, 6) is 0.872. The lowest BCUT2D eigenvalue weighted by Crippen LogP contribution is -2.35. The average Bonchev–Trinajstić information content (AvgIpc) is 2.90. The molecule has 0 heterocycles. The third-order valence-electron chi connectivity index (χ3n) is 4.39. The first kappa shape index (κ1) is 14.6. The molecular formula is C16H22Br2. The fraction of sp³-hybridized carbons (Fsp3) is 0.625. The van der Waals surface area contributed by atoms with Crippen molar-refractivity contribution >= 4 is 31.9 Å². The molecule has 1 saturated carbocycles. The van der Waals surface area contributed by atoms with E-state index in [1.165, 1.54) is 43.2 Å². The van der Waals surface area contributed by atoms with Gasteiger partial charge in [-0.25, -0.2) is 0 Å². The molecule has 0 aromatic heterocycles. The fourth-order valence-electron chi connectivity index (χ4n) is 3.26. The molecule has 1 aliphatic carbocycles. The zero-order valence-corrected chi connectivity index (χ0v) is 14.3. The summed E-state index contributed by atoms with van der Waals surface area (Å²) in [7, 11) is 0. The van der Waals surface area contributed by atoms with Crippen molar-refractivity contribution in [3.8, 4) is 0 Å². The van der Waals surface area contributed by atoms with Crippen molar-refractivity contribution in [1.29, 1.82) is 0 Å². The zero-order valence-electron chi connectivity index (χ0n) is 11.1. The maximum atomic E-state index is 3.79. The van der Waals surface area contributed by atoms with Gasteiger partial charge >= 0.3 is 0 Å². The average molecular weight is 374 g/mol. The molecular weight excluding hydrogens is 352 g/mol. The van der Waals surface area contributed by atoms with Crippen molar-refractivity contribution < 1.29 is 0 Å². The van der Waals surface area contributed by atoms with Crippen LogP contribution in [-0.2, 0) is 6.42 Å². The van der Waals surface area contributed by atoms with E-state index >= 15 is 0 Å². The normalized spacial score (nSPS) is 17.3. The maximum absolute atomic E-state index is 3.79. The van der Waals surface area contributed by atoms with E-state index in [9.17, 15) is 0 Å². The van der Waals surface area contributed by atoms with Crippen molar-refractivity contribution in [3.05, 3.63) is 35.4 Å². The van der Waals surface area contributed by atoms with E-state index in [1.807, 2.05) is 0 Å². The van der Waals surface area contributed by atoms with Gasteiger partial charge in [-0.05, 0) is 43.1 Å². The van der Waals surface area contributed by atoms with Gasteiger partial charge < -0.3 is 0 Å². The third-order valence-corrected chi connectivity index (χ3v) is 6.63. The van der Waals surface area contributed by atoms with Gasteiger partial charge in [0.25, 0.3) is 0 Å². The van der Waals surface area contributed by atoms with E-state index < -0.39 is 0 Å². The summed E-state index contributed by atoms with van der Waals surface area (Å²) in [5.41, 5.74) is 3.25. The summed E-state index contributed by atoms with van der Waals surface area (Å²) in [5, 5.41) is 2.20. The maximum Gasteiger partial charge on any atom is 0.0102 e. The van der Waals surface area contributed by atoms with Gasteiger partial charge in [-0.1, -0.05) is 74.5 Å². The highest BCUT2D eigenvalue weighted by atomic mass is 79.9. The summed E-state index contributed by atoms with van der Waals surface area (Å²) < 4.78 is 0. The predicted octanol–water partition coefficient (Wildman–Crippen LogP) is 5.50. The predicted molar refractivity (Wildman–Crippen MR) is 86.9 cm³/mol. The van der Waals surface area contributed by atoms with E-state index in [-0.39, 0.29) is 0 Å². The Kier molecular flexibility index (Phi) is 5.32. The standard InChI is InChI=1S/C16H22Br2/c1-13-5-4-6-14(9-13)10-16(11-17,12-18)15-7-2-3-8-15/h4-6,9,15H,2-3,7-8,10-12H2,1H3. The van der Waals surface area contributed by atoms with Gasteiger partial charge in [-0.2, -0.15) is 0 Å². The lowest BCUT2D eigenvalue weighted by atomic mass is 9.73. The largest absolute Gasteiger partial charge is 0.0921 e. The van der Waals surface area contributed by atoms with Crippen LogP contribution in [0.1, 0.15) is 36.8 Å². The number of hydrogen-bond donors (Lipinski definition) is 0. The first-order chi connectivity index (χ1) is 8.70. The van der Waals surface area contributed by atoms with Crippen LogP contribution in [0.2, 0.25) is 0 Å². The molecule has 0 N–H and O–H groups in total. The van der Waals surface area contributed by atoms with Crippen molar-refractivity contribution in [1.82, 2.24) is 0 Å². The number of rotatable bonds is 5. The summed E-state index contributed by atoms with van der Waals surface area (Å²) in [4.78, 5) is 0. The molecule has 18 heavy (non-hydrogen) atoms. The smallest absolute Gasteiger partial charge is 0.0102 e. The summed E-state index contributed by atoms with van der Waals surface area (Å²) in [6.45, 7) is 2.18. The van der Waals surface area contributed by atoms with Gasteiger partial charge in [-0.15, -0.1) is 0 Å². The molecule has 100 valence electrons. The number of hydrogen-bond acceptors (Lipinski definition) is 0. The molecule has 0 radical (unpaired) electrons. The van der Waals surface area contributed by atoms with Gasteiger partial charge in [-0.3, -0.25) is 0 Å². The van der Waals surface area contributed by atoms with Crippen LogP contribution < -0.4 is 0 Å². The van der Waals surface area contributed by atoms with Crippen LogP contribution in [0.25, 0.3) is 0 Å². The van der Waals surface area contributed by atoms with E-state index in [0.717, 1.165) is 16.6 Å². The second kappa shape index (κ2) is 6.56. The molecule has 1 aromatic carbocycles. The molecule has 1 aliphatic rings. The summed E-state index contributed by atoms with van der Waals surface area (Å²) >= 11 is 7.58. The Morgan fingerprint density at radius 3 is 2.39 bits per heavy atom. The van der Waals surface area contributed by atoms with Crippen LogP contribution >= 0.6 is 31.9 Å². The highest BCUT2D eigenvalue weighted by molar-refractivity contribution is 9.09. The Morgan fingerprint density at radius 1 is 1.17 bits per heavy atom. The van der Waals surface area contributed by atoms with Crippen LogP contribution in [0.3, 0.4) is 0 Å². The Hall–Kier alpha value is 0.180. The topological polar surface area (TPSA) is 0 Å². The van der Waals surface area contributed by atoms with Crippen molar-refractivity contribution in [2.24, 2.45) is 11.3 Å². The third kappa shape index (κ3) is 3.19. The lowest BCUT2D eigenvalue weighted by molar-refractivity contribution is 0.233. The molecule has 1 aromatic rings. The second-order valence-electron chi connectivity index (χ2n) is 5.78. The minimum Gasteiger partial charge on any atom is -0.0921 e. The Balaban J connectivity index is 2.19. The molecule has 0 unspecified atom stereocenters. The highest BCUT2D eigenvalue weighted by Crippen LogP contribution is 2.44. The summed E-state index contributed by atoms with van der Waals surface area (Å²) in [6.07, 6.45) is 6.84. The molecule has 0 bridgehead atoms. The molecule has 0 nitrogen and oxygen atoms in total. The van der Waals surface area contributed by atoms with Crippen molar-refractivity contribution in [2.75, 3.05) is 10.7 Å². The highest BCUT2D eigenvalue weighted by Gasteiger charge is 2.38. The number of benzene rings is 1. The molecule has 2 heteroatoms. The van der Waals surface area contributed by atoms with Gasteiger partial charge in [0, 0.05) is 10.7 Å². The second-order valence-corrected chi connectivity index (χ2v) is 6.90. The van der Waals surface area contributed by atoms with Gasteiger partial charge in [0.15, 0.2) is 0 Å². The van der Waals surface area contributed by atoms with Crippen molar-refractivity contribution in [3.63, 3.8) is 0 Å². The van der Waals surface area contributed by atoms with Crippen LogP contribution in [0.5, 0.6) is 0 Å². The van der Waals surface area contributed by atoms with E-state index in [4.69, 9.17) is 0 Å². The molecule has 0 saturated heterocycles. The summed E-state index contributed by atoms with van der Waals surface area (Å²) in [6, 6.07) is 8.99. The van der Waals surface area contributed by atoms with Crippen LogP contribution in [-0.4, -0.2) is 10.7 Å². The fourth-order valence-corrected chi connectivity index (χ4v) is 5.50. The first-order valence-electron chi connectivity index (χ1n) is 6.88. The number of halogens is 2. The van der Waals surface area contributed by atoms with Gasteiger partial charge in [0.1, 0.15) is 0 Å². The molecule has 0 atom stereocenters. The van der Waals surface area contributed by atoms with Crippen LogP contribution in [0.15, 0.2) is 24.3 Å². The minimum atomic E-state index is 0.393. The molecule has 1 fully saturated rings. The van der Waals surface area contributed by atoms with E-state index in [1.54, 1.807) is 0 Å². The van der Waals surface area contributed by atoms with Gasteiger partial charge in [0.2, 0.25) is 0 Å². The monoisotopic (exact) mass is 372 g/mol. The minimum absolute atomic E-state index is 0.393. The van der Waals surface area contributed by atoms with Crippen LogP contribution in [0, 0.1) is 18.3 Å². The quantitative estimate of drug-likeness (QED) is 0.597. The number of alkyl halides is 2. The molecule has 0 aliphatic heterocycles.